The molecule has 2 heteroatoms. The van der Waals surface area contributed by atoms with E-state index in [1.54, 1.807) is 0 Å². The van der Waals surface area contributed by atoms with Crippen LogP contribution in [0.5, 0.6) is 0 Å². The van der Waals surface area contributed by atoms with E-state index in [4.69, 9.17) is 0 Å². The highest BCUT2D eigenvalue weighted by molar-refractivity contribution is 4.52. The van der Waals surface area contributed by atoms with Crippen LogP contribution in [0, 0.1) is 0 Å². The van der Waals surface area contributed by atoms with Gasteiger partial charge in [-0.15, -0.1) is 0 Å². The second-order valence-corrected chi connectivity index (χ2v) is 13.3. The van der Waals surface area contributed by atoms with Crippen molar-refractivity contribution < 1.29 is 16.9 Å². The fourth-order valence-electron chi connectivity index (χ4n) is 5.93. The molecule has 0 spiro atoms. The molecule has 0 heterocycles. The van der Waals surface area contributed by atoms with Crippen LogP contribution in [0.15, 0.2) is 0 Å². The monoisotopic (exact) mass is 558 g/mol. The molecule has 0 unspecified atom stereocenters. The topological polar surface area (TPSA) is 0 Å². The number of hydrogen-bond donors (Lipinski definition) is 0. The van der Waals surface area contributed by atoms with Gasteiger partial charge in [-0.05, 0) is 25.7 Å². The van der Waals surface area contributed by atoms with Crippen molar-refractivity contribution in [3.63, 3.8) is 0 Å². The van der Waals surface area contributed by atoms with Crippen molar-refractivity contribution in [1.82, 2.24) is 0 Å². The van der Waals surface area contributed by atoms with Crippen molar-refractivity contribution in [2.45, 2.75) is 206 Å². The van der Waals surface area contributed by atoms with Gasteiger partial charge in [-0.3, -0.25) is 0 Å². The first-order valence-corrected chi connectivity index (χ1v) is 17.9. The second kappa shape index (κ2) is 33.5. The number of quaternary nitrogens is 1. The third-order valence-corrected chi connectivity index (χ3v) is 8.73. The molecule has 0 bridgehead atoms. The van der Waals surface area contributed by atoms with Gasteiger partial charge in [0.15, 0.2) is 0 Å². The van der Waals surface area contributed by atoms with Crippen LogP contribution in [0.3, 0.4) is 0 Å². The molecule has 0 aromatic carbocycles. The second-order valence-electron chi connectivity index (χ2n) is 13.3. The summed E-state index contributed by atoms with van der Waals surface area (Å²) < 4.78 is 1.25. The Morgan fingerprint density at radius 3 is 0.605 bits per heavy atom. The summed E-state index contributed by atoms with van der Waals surface area (Å²) in [6, 6.07) is 0. The Morgan fingerprint density at radius 2 is 0.421 bits per heavy atom. The van der Waals surface area contributed by atoms with Gasteiger partial charge < -0.3 is 16.9 Å². The Labute approximate surface area is 250 Å². The Hall–Kier alpha value is 0.250. The lowest BCUT2D eigenvalue weighted by atomic mass is 10.0. The van der Waals surface area contributed by atoms with Gasteiger partial charge in [0.2, 0.25) is 0 Å². The van der Waals surface area contributed by atoms with Gasteiger partial charge in [0.25, 0.3) is 0 Å². The highest BCUT2D eigenvalue weighted by atomic mass is 35.5. The number of hydrogen-bond acceptors (Lipinski definition) is 0. The highest BCUT2D eigenvalue weighted by Gasteiger charge is 2.13. The zero-order valence-corrected chi connectivity index (χ0v) is 28.2. The van der Waals surface area contributed by atoms with Gasteiger partial charge in [-0.25, -0.2) is 0 Å². The van der Waals surface area contributed by atoms with Crippen molar-refractivity contribution in [2.75, 3.05) is 27.2 Å². The molecule has 0 aromatic heterocycles. The van der Waals surface area contributed by atoms with E-state index in [0.717, 1.165) is 0 Å². The van der Waals surface area contributed by atoms with Crippen LogP contribution < -0.4 is 12.4 Å². The first kappa shape index (κ1) is 40.4. The fourth-order valence-corrected chi connectivity index (χ4v) is 5.93. The smallest absolute Gasteiger partial charge is 0.0782 e. The van der Waals surface area contributed by atoms with Crippen LogP contribution >= 0.6 is 0 Å². The number of unbranched alkanes of at least 4 members (excludes halogenated alkanes) is 28. The van der Waals surface area contributed by atoms with E-state index >= 15 is 0 Å². The van der Waals surface area contributed by atoms with E-state index < -0.39 is 0 Å². The molecular formula is C36H76ClN. The SMILES string of the molecule is CCCCCCCCCCCCCCCCC[N+](C)(C)CCCCCCCCCCCCCCCCC.[Cl-]. The molecule has 0 aliphatic rings. The molecule has 0 N–H and O–H groups in total. The predicted molar refractivity (Wildman–Crippen MR) is 172 cm³/mol. The maximum absolute atomic E-state index is 2.47. The van der Waals surface area contributed by atoms with Gasteiger partial charge in [-0.2, -0.15) is 0 Å². The number of halogens is 1. The number of nitrogens with zero attached hydrogens (tertiary/aromatic N) is 1. The molecule has 0 atom stereocenters. The third kappa shape index (κ3) is 34.3. The van der Waals surface area contributed by atoms with Gasteiger partial charge >= 0.3 is 0 Å². The van der Waals surface area contributed by atoms with Crippen LogP contribution in [0.2, 0.25) is 0 Å². The molecule has 1 nitrogen and oxygen atoms in total. The lowest BCUT2D eigenvalue weighted by Crippen LogP contribution is -3.00. The molecule has 0 fully saturated rings. The molecule has 0 saturated carbocycles. The highest BCUT2D eigenvalue weighted by Crippen LogP contribution is 2.16. The minimum atomic E-state index is 0. The molecule has 0 aromatic rings. The summed E-state index contributed by atoms with van der Waals surface area (Å²) in [6.07, 6.45) is 43.9. The van der Waals surface area contributed by atoms with Crippen molar-refractivity contribution in [3.8, 4) is 0 Å². The molecule has 0 amide bonds. The quantitative estimate of drug-likeness (QED) is 0.0570. The molecule has 0 aliphatic heterocycles. The predicted octanol–water partition coefficient (Wildman–Crippen LogP) is 9.81. The minimum absolute atomic E-state index is 0. The maximum atomic E-state index is 2.47. The van der Waals surface area contributed by atoms with Crippen LogP contribution in [0.1, 0.15) is 206 Å². The summed E-state index contributed by atoms with van der Waals surface area (Å²) in [5.41, 5.74) is 0. The Kier molecular flexibility index (Phi) is 35.6. The summed E-state index contributed by atoms with van der Waals surface area (Å²) in [7, 11) is 4.93. The van der Waals surface area contributed by atoms with Crippen molar-refractivity contribution in [2.24, 2.45) is 0 Å². The number of rotatable bonds is 32. The molecular weight excluding hydrogens is 482 g/mol. The van der Waals surface area contributed by atoms with Crippen LogP contribution in [0.25, 0.3) is 0 Å². The molecule has 0 radical (unpaired) electrons. The van der Waals surface area contributed by atoms with Gasteiger partial charge in [0, 0.05) is 0 Å². The summed E-state index contributed by atoms with van der Waals surface area (Å²) in [4.78, 5) is 0. The average Bonchev–Trinajstić information content (AvgIpc) is 2.88. The molecule has 232 valence electrons. The fraction of sp³-hybridized carbons (Fsp3) is 1.00. The summed E-state index contributed by atoms with van der Waals surface area (Å²) >= 11 is 0. The maximum Gasteiger partial charge on any atom is 0.0782 e. The van der Waals surface area contributed by atoms with Crippen LogP contribution in [-0.2, 0) is 0 Å². The lowest BCUT2D eigenvalue weighted by Gasteiger charge is -2.30. The van der Waals surface area contributed by atoms with E-state index in [0.29, 0.717) is 0 Å². The van der Waals surface area contributed by atoms with Gasteiger partial charge in [0.1, 0.15) is 0 Å². The third-order valence-electron chi connectivity index (χ3n) is 8.73. The van der Waals surface area contributed by atoms with E-state index in [1.807, 2.05) is 0 Å². The average molecular weight is 558 g/mol. The largest absolute Gasteiger partial charge is 1.00 e. The lowest BCUT2D eigenvalue weighted by molar-refractivity contribution is -0.890. The normalized spacial score (nSPS) is 11.7. The Balaban J connectivity index is 0. The van der Waals surface area contributed by atoms with Gasteiger partial charge in [0.05, 0.1) is 27.2 Å². The Morgan fingerprint density at radius 1 is 0.263 bits per heavy atom. The summed E-state index contributed by atoms with van der Waals surface area (Å²) in [5.74, 6) is 0. The van der Waals surface area contributed by atoms with Gasteiger partial charge in [-0.1, -0.05) is 181 Å². The summed E-state index contributed by atoms with van der Waals surface area (Å²) in [5, 5.41) is 0. The zero-order chi connectivity index (χ0) is 27.1. The standard InChI is InChI=1S/C36H76N.ClH/c1-5-7-9-11-13-15-17-19-21-23-25-27-29-31-33-35-37(3,4)36-34-32-30-28-26-24-22-20-18-16-14-12-10-8-6-2;/h5-36H2,1-4H3;1H/q+1;/p-1. The summed E-state index contributed by atoms with van der Waals surface area (Å²) in [6.45, 7) is 7.39. The minimum Gasteiger partial charge on any atom is -1.00 e. The molecule has 0 aliphatic carbocycles. The van der Waals surface area contributed by atoms with Crippen LogP contribution in [-0.4, -0.2) is 31.7 Å². The van der Waals surface area contributed by atoms with E-state index in [1.165, 1.54) is 210 Å². The molecule has 38 heavy (non-hydrogen) atoms. The van der Waals surface area contributed by atoms with E-state index in [2.05, 4.69) is 27.9 Å². The molecule has 0 rings (SSSR count). The van der Waals surface area contributed by atoms with Crippen molar-refractivity contribution >= 4 is 0 Å². The first-order valence-electron chi connectivity index (χ1n) is 17.9. The molecule has 0 saturated heterocycles. The van der Waals surface area contributed by atoms with E-state index in [-0.39, 0.29) is 12.4 Å². The van der Waals surface area contributed by atoms with Crippen molar-refractivity contribution in [3.05, 3.63) is 0 Å². The zero-order valence-electron chi connectivity index (χ0n) is 27.5. The van der Waals surface area contributed by atoms with Crippen molar-refractivity contribution in [1.29, 1.82) is 0 Å². The first-order chi connectivity index (χ1) is 18.1. The Bertz CT molecular complexity index is 372. The van der Waals surface area contributed by atoms with E-state index in [9.17, 15) is 0 Å². The van der Waals surface area contributed by atoms with Crippen LogP contribution in [0.4, 0.5) is 0 Å².